The van der Waals surface area contributed by atoms with Crippen molar-refractivity contribution in [1.29, 1.82) is 0 Å². The fourth-order valence-corrected chi connectivity index (χ4v) is 4.79. The highest BCUT2D eigenvalue weighted by Crippen LogP contribution is 2.30. The van der Waals surface area contributed by atoms with Crippen LogP contribution in [0.15, 0.2) is 59.6 Å². The van der Waals surface area contributed by atoms with Crippen LogP contribution in [-0.4, -0.2) is 37.3 Å². The molecular weight excluding hydrogens is 428 g/mol. The Hall–Kier alpha value is -3.17. The summed E-state index contributed by atoms with van der Waals surface area (Å²) in [7, 11) is -2.20. The highest BCUT2D eigenvalue weighted by Gasteiger charge is 2.28. The molecule has 1 aliphatic rings. The van der Waals surface area contributed by atoms with E-state index in [0.717, 1.165) is 30.6 Å². The number of hydrogen-bond donors (Lipinski definition) is 2. The number of methoxy groups -OCH3 is 1. The van der Waals surface area contributed by atoms with Gasteiger partial charge in [0, 0.05) is 6.04 Å². The Labute approximate surface area is 187 Å². The monoisotopic (exact) mass is 454 g/mol. The Morgan fingerprint density at radius 3 is 2.59 bits per heavy atom. The summed E-state index contributed by atoms with van der Waals surface area (Å²) in [6, 6.07) is 14.0. The van der Waals surface area contributed by atoms with Crippen LogP contribution >= 0.6 is 0 Å². The van der Waals surface area contributed by atoms with Gasteiger partial charge in [-0.15, -0.1) is 0 Å². The van der Waals surface area contributed by atoms with E-state index in [-0.39, 0.29) is 22.5 Å². The molecule has 0 bridgehead atoms. The van der Waals surface area contributed by atoms with Gasteiger partial charge in [-0.3, -0.25) is 4.79 Å². The zero-order chi connectivity index (χ0) is 22.7. The summed E-state index contributed by atoms with van der Waals surface area (Å²) in [6.07, 6.45) is 4.71. The zero-order valence-corrected chi connectivity index (χ0v) is 18.9. The van der Waals surface area contributed by atoms with Gasteiger partial charge in [0.1, 0.15) is 5.75 Å². The Balaban J connectivity index is 1.65. The Morgan fingerprint density at radius 2 is 1.94 bits per heavy atom. The lowest BCUT2D eigenvalue weighted by Crippen LogP contribution is -2.26. The van der Waals surface area contributed by atoms with E-state index in [9.17, 15) is 13.2 Å². The maximum absolute atomic E-state index is 13.2. The number of carbonyl (C=O) groups excluding carboxylic acids is 1. The number of aromatic nitrogens is 2. The highest BCUT2D eigenvalue weighted by molar-refractivity contribution is 7.89. The predicted molar refractivity (Wildman–Crippen MR) is 122 cm³/mol. The summed E-state index contributed by atoms with van der Waals surface area (Å²) in [6.45, 7) is 2.04. The number of nitrogens with zero attached hydrogens (tertiary/aromatic N) is 2. The summed E-state index contributed by atoms with van der Waals surface area (Å²) >= 11 is 0. The van der Waals surface area contributed by atoms with E-state index in [1.165, 1.54) is 31.5 Å². The van der Waals surface area contributed by atoms with Gasteiger partial charge in [0.25, 0.3) is 5.91 Å². The minimum Gasteiger partial charge on any atom is -0.495 e. The molecule has 1 saturated carbocycles. The highest BCUT2D eigenvalue weighted by atomic mass is 32.2. The minimum absolute atomic E-state index is 0.0134. The fraction of sp³-hybridized carbons (Fsp3) is 0.304. The summed E-state index contributed by atoms with van der Waals surface area (Å²) in [5.74, 6) is -0.00477. The van der Waals surface area contributed by atoms with E-state index in [1.54, 1.807) is 4.68 Å². The number of ether oxygens (including phenoxy) is 1. The topological polar surface area (TPSA) is 102 Å². The van der Waals surface area contributed by atoms with E-state index in [4.69, 9.17) is 4.74 Å². The maximum atomic E-state index is 13.2. The number of rotatable bonds is 9. The molecule has 1 aliphatic carbocycles. The number of nitrogens with one attached hydrogen (secondary N) is 2. The molecule has 0 spiro atoms. The first-order valence-corrected chi connectivity index (χ1v) is 12.0. The second-order valence-electron chi connectivity index (χ2n) is 7.71. The molecule has 3 aromatic rings. The van der Waals surface area contributed by atoms with Crippen LogP contribution in [0.4, 0.5) is 5.69 Å². The zero-order valence-electron chi connectivity index (χ0n) is 18.0. The maximum Gasteiger partial charge on any atom is 0.259 e. The number of amides is 1. The largest absolute Gasteiger partial charge is 0.495 e. The van der Waals surface area contributed by atoms with E-state index in [2.05, 4.69) is 15.1 Å². The standard InChI is InChI=1S/C23H26N4O4S/c1-3-7-21-19(15-24-27(21)17-8-5-4-6-9-17)23(28)25-20-14-18(12-13-22(20)31-2)32(29,30)26-16-10-11-16/h4-6,8-9,12-16,26H,3,7,10-11H2,1-2H3,(H,25,28). The number of anilines is 1. The molecule has 2 N–H and O–H groups in total. The van der Waals surface area contributed by atoms with Crippen LogP contribution < -0.4 is 14.8 Å². The van der Waals surface area contributed by atoms with Crippen LogP contribution in [0.2, 0.25) is 0 Å². The van der Waals surface area contributed by atoms with Crippen molar-refractivity contribution in [3.05, 3.63) is 66.0 Å². The van der Waals surface area contributed by atoms with E-state index < -0.39 is 10.0 Å². The molecule has 1 amide bonds. The van der Waals surface area contributed by atoms with Gasteiger partial charge in [-0.2, -0.15) is 5.10 Å². The van der Waals surface area contributed by atoms with E-state index in [0.29, 0.717) is 17.7 Å². The minimum atomic E-state index is -3.67. The van der Waals surface area contributed by atoms with Crippen LogP contribution in [0.1, 0.15) is 42.2 Å². The lowest BCUT2D eigenvalue weighted by Gasteiger charge is -2.13. The van der Waals surface area contributed by atoms with Crippen molar-refractivity contribution in [2.24, 2.45) is 0 Å². The number of para-hydroxylation sites is 1. The summed E-state index contributed by atoms with van der Waals surface area (Å²) in [5.41, 5.74) is 2.37. The van der Waals surface area contributed by atoms with Crippen molar-refractivity contribution in [3.63, 3.8) is 0 Å². The first-order chi connectivity index (χ1) is 15.4. The molecule has 1 fully saturated rings. The van der Waals surface area contributed by atoms with Gasteiger partial charge in [0.2, 0.25) is 10.0 Å². The lowest BCUT2D eigenvalue weighted by atomic mass is 10.1. The molecule has 9 heteroatoms. The predicted octanol–water partition coefficient (Wildman–Crippen LogP) is 3.53. The van der Waals surface area contributed by atoms with Gasteiger partial charge in [-0.05, 0) is 49.6 Å². The van der Waals surface area contributed by atoms with Gasteiger partial charge < -0.3 is 10.1 Å². The summed E-state index contributed by atoms with van der Waals surface area (Å²) in [5, 5.41) is 7.24. The van der Waals surface area contributed by atoms with Crippen molar-refractivity contribution < 1.29 is 17.9 Å². The molecule has 1 aromatic heterocycles. The summed E-state index contributed by atoms with van der Waals surface area (Å²) in [4.78, 5) is 13.3. The molecule has 8 nitrogen and oxygen atoms in total. The fourth-order valence-electron chi connectivity index (χ4n) is 3.46. The third-order valence-corrected chi connectivity index (χ3v) is 6.75. The van der Waals surface area contributed by atoms with Crippen LogP contribution in [0.3, 0.4) is 0 Å². The first kappa shape index (κ1) is 22.0. The Kier molecular flexibility index (Phi) is 6.29. The van der Waals surface area contributed by atoms with E-state index in [1.807, 2.05) is 37.3 Å². The van der Waals surface area contributed by atoms with Crippen LogP contribution in [0, 0.1) is 0 Å². The van der Waals surface area contributed by atoms with Crippen molar-refractivity contribution in [2.45, 2.75) is 43.5 Å². The molecule has 2 aromatic carbocycles. The van der Waals surface area contributed by atoms with Gasteiger partial charge in [0.15, 0.2) is 0 Å². The van der Waals surface area contributed by atoms with Crippen molar-refractivity contribution in [3.8, 4) is 11.4 Å². The third-order valence-electron chi connectivity index (χ3n) is 5.23. The molecule has 168 valence electrons. The number of benzene rings is 2. The van der Waals surface area contributed by atoms with Crippen LogP contribution in [0.5, 0.6) is 5.75 Å². The molecule has 0 radical (unpaired) electrons. The molecule has 32 heavy (non-hydrogen) atoms. The molecule has 0 unspecified atom stereocenters. The second-order valence-corrected chi connectivity index (χ2v) is 9.43. The van der Waals surface area contributed by atoms with Crippen LogP contribution in [0.25, 0.3) is 5.69 Å². The van der Waals surface area contributed by atoms with Gasteiger partial charge >= 0.3 is 0 Å². The first-order valence-electron chi connectivity index (χ1n) is 10.6. The van der Waals surface area contributed by atoms with E-state index >= 15 is 0 Å². The lowest BCUT2D eigenvalue weighted by molar-refractivity contribution is 0.102. The van der Waals surface area contributed by atoms with Gasteiger partial charge in [-0.1, -0.05) is 31.5 Å². The molecule has 0 atom stereocenters. The normalized spacial score (nSPS) is 13.7. The molecule has 4 rings (SSSR count). The molecule has 1 heterocycles. The van der Waals surface area contributed by atoms with Crippen molar-refractivity contribution >= 4 is 21.6 Å². The third kappa shape index (κ3) is 4.68. The average Bonchev–Trinajstić information content (AvgIpc) is 3.49. The average molecular weight is 455 g/mol. The SMILES string of the molecule is CCCc1c(C(=O)Nc2cc(S(=O)(=O)NC3CC3)ccc2OC)cnn1-c1ccccc1. The number of carbonyl (C=O) groups is 1. The number of hydrogen-bond acceptors (Lipinski definition) is 5. The molecular formula is C23H26N4O4S. The quantitative estimate of drug-likeness (QED) is 0.515. The smallest absolute Gasteiger partial charge is 0.259 e. The van der Waals surface area contributed by atoms with Gasteiger partial charge in [-0.25, -0.2) is 17.8 Å². The Morgan fingerprint density at radius 1 is 1.19 bits per heavy atom. The number of sulfonamides is 1. The van der Waals surface area contributed by atoms with Crippen molar-refractivity contribution in [2.75, 3.05) is 12.4 Å². The molecule has 0 saturated heterocycles. The summed E-state index contributed by atoms with van der Waals surface area (Å²) < 4.78 is 35.0. The van der Waals surface area contributed by atoms with Gasteiger partial charge in [0.05, 0.1) is 40.8 Å². The van der Waals surface area contributed by atoms with Crippen LogP contribution in [-0.2, 0) is 16.4 Å². The van der Waals surface area contributed by atoms with Crippen molar-refractivity contribution in [1.82, 2.24) is 14.5 Å². The molecule has 0 aliphatic heterocycles. The second kappa shape index (κ2) is 9.13. The Bertz CT molecular complexity index is 1220.